The summed E-state index contributed by atoms with van der Waals surface area (Å²) in [7, 11) is 0. The lowest BCUT2D eigenvalue weighted by Crippen LogP contribution is -2.14. The van der Waals surface area contributed by atoms with Gasteiger partial charge in [0.15, 0.2) is 5.13 Å². The Balaban J connectivity index is 1.61. The molecule has 3 rings (SSSR count). The van der Waals surface area contributed by atoms with Crippen molar-refractivity contribution in [2.24, 2.45) is 0 Å². The van der Waals surface area contributed by atoms with Gasteiger partial charge < -0.3 is 10.1 Å². The summed E-state index contributed by atoms with van der Waals surface area (Å²) in [5.74, 6) is 0.609. The first-order valence-electron chi connectivity index (χ1n) is 8.27. The predicted molar refractivity (Wildman–Crippen MR) is 104 cm³/mol. The molecule has 8 heteroatoms. The first-order chi connectivity index (χ1) is 13.0. The minimum absolute atomic E-state index is 0.0258. The van der Waals surface area contributed by atoms with Gasteiger partial charge in [0.1, 0.15) is 5.75 Å². The van der Waals surface area contributed by atoms with Crippen LogP contribution in [0.25, 0.3) is 11.3 Å². The minimum atomic E-state index is -0.447. The Labute approximate surface area is 159 Å². The number of nitrogens with one attached hydrogen (secondary N) is 1. The minimum Gasteiger partial charge on any atom is -0.494 e. The Kier molecular flexibility index (Phi) is 5.77. The fourth-order valence-corrected chi connectivity index (χ4v) is 3.17. The third kappa shape index (κ3) is 4.89. The van der Waals surface area contributed by atoms with E-state index in [-0.39, 0.29) is 18.0 Å². The number of nitro benzene ring substituents is 1. The van der Waals surface area contributed by atoms with Crippen molar-refractivity contribution in [1.82, 2.24) is 4.98 Å². The van der Waals surface area contributed by atoms with E-state index in [1.165, 1.54) is 23.5 Å². The van der Waals surface area contributed by atoms with E-state index in [4.69, 9.17) is 4.74 Å². The molecule has 2 aromatic carbocycles. The first-order valence-corrected chi connectivity index (χ1v) is 9.15. The van der Waals surface area contributed by atoms with Crippen molar-refractivity contribution in [3.05, 3.63) is 69.6 Å². The number of carbonyl (C=O) groups excluding carboxylic acids is 1. The second kappa shape index (κ2) is 8.41. The molecule has 3 aromatic rings. The fourth-order valence-electron chi connectivity index (χ4n) is 2.44. The zero-order valence-electron chi connectivity index (χ0n) is 14.5. The van der Waals surface area contributed by atoms with Gasteiger partial charge in [0.2, 0.25) is 5.91 Å². The molecular weight excluding hydrogens is 366 g/mol. The zero-order chi connectivity index (χ0) is 19.2. The van der Waals surface area contributed by atoms with E-state index in [2.05, 4.69) is 10.3 Å². The molecule has 0 aliphatic carbocycles. The number of hydrogen-bond donors (Lipinski definition) is 1. The second-order valence-electron chi connectivity index (χ2n) is 5.64. The van der Waals surface area contributed by atoms with Crippen LogP contribution in [-0.4, -0.2) is 22.4 Å². The Hall–Kier alpha value is -3.26. The number of hydrogen-bond acceptors (Lipinski definition) is 6. The summed E-state index contributed by atoms with van der Waals surface area (Å²) in [4.78, 5) is 26.8. The molecule has 0 bridgehead atoms. The largest absolute Gasteiger partial charge is 0.494 e. The highest BCUT2D eigenvalue weighted by Crippen LogP contribution is 2.26. The van der Waals surface area contributed by atoms with E-state index in [0.717, 1.165) is 16.9 Å². The number of non-ortho nitro benzene ring substituents is 1. The molecule has 0 unspecified atom stereocenters. The van der Waals surface area contributed by atoms with Gasteiger partial charge in [0.25, 0.3) is 5.69 Å². The van der Waals surface area contributed by atoms with Crippen LogP contribution in [0, 0.1) is 10.1 Å². The van der Waals surface area contributed by atoms with Gasteiger partial charge in [-0.1, -0.05) is 12.1 Å². The molecule has 1 N–H and O–H groups in total. The van der Waals surface area contributed by atoms with Crippen LogP contribution in [0.1, 0.15) is 12.5 Å². The molecule has 27 heavy (non-hydrogen) atoms. The molecule has 1 amide bonds. The molecule has 0 saturated heterocycles. The second-order valence-corrected chi connectivity index (χ2v) is 6.50. The van der Waals surface area contributed by atoms with Crippen LogP contribution in [0.3, 0.4) is 0 Å². The van der Waals surface area contributed by atoms with Crippen molar-refractivity contribution < 1.29 is 14.5 Å². The lowest BCUT2D eigenvalue weighted by Gasteiger charge is -2.05. The van der Waals surface area contributed by atoms with Gasteiger partial charge in [0.05, 0.1) is 23.6 Å². The fraction of sp³-hybridized carbons (Fsp3) is 0.158. The Morgan fingerprint density at radius 3 is 2.52 bits per heavy atom. The zero-order valence-corrected chi connectivity index (χ0v) is 15.4. The normalized spacial score (nSPS) is 10.4. The van der Waals surface area contributed by atoms with E-state index in [1.54, 1.807) is 17.5 Å². The molecule has 7 nitrogen and oxygen atoms in total. The molecule has 1 heterocycles. The van der Waals surface area contributed by atoms with Gasteiger partial charge in [-0.2, -0.15) is 0 Å². The van der Waals surface area contributed by atoms with Crippen LogP contribution < -0.4 is 10.1 Å². The summed E-state index contributed by atoms with van der Waals surface area (Å²) < 4.78 is 5.38. The van der Waals surface area contributed by atoms with Crippen LogP contribution in [0.4, 0.5) is 10.8 Å². The maximum atomic E-state index is 12.2. The summed E-state index contributed by atoms with van der Waals surface area (Å²) in [6, 6.07) is 13.5. The van der Waals surface area contributed by atoms with Gasteiger partial charge in [-0.25, -0.2) is 4.98 Å². The average molecular weight is 383 g/mol. The van der Waals surface area contributed by atoms with E-state index in [0.29, 0.717) is 17.4 Å². The summed E-state index contributed by atoms with van der Waals surface area (Å²) in [5, 5.41) is 15.8. The van der Waals surface area contributed by atoms with Crippen molar-refractivity contribution in [2.75, 3.05) is 11.9 Å². The van der Waals surface area contributed by atoms with Gasteiger partial charge in [-0.05, 0) is 36.8 Å². The number of ether oxygens (including phenoxy) is 1. The number of nitro groups is 1. The van der Waals surface area contributed by atoms with Crippen LogP contribution in [0.2, 0.25) is 0 Å². The smallest absolute Gasteiger partial charge is 0.269 e. The monoisotopic (exact) mass is 383 g/mol. The lowest BCUT2D eigenvalue weighted by molar-refractivity contribution is -0.384. The molecule has 0 aliphatic rings. The third-order valence-electron chi connectivity index (χ3n) is 3.72. The topological polar surface area (TPSA) is 94.4 Å². The number of benzene rings is 2. The van der Waals surface area contributed by atoms with E-state index in [9.17, 15) is 14.9 Å². The first kappa shape index (κ1) is 18.5. The van der Waals surface area contributed by atoms with Gasteiger partial charge in [0, 0.05) is 23.1 Å². The molecule has 0 saturated carbocycles. The summed E-state index contributed by atoms with van der Waals surface area (Å²) in [6.45, 7) is 2.52. The SMILES string of the molecule is CCOc1ccc(CC(=O)Nc2nc(-c3ccc([N+](=O)[O-])cc3)cs2)cc1. The van der Waals surface area contributed by atoms with Crippen molar-refractivity contribution in [2.45, 2.75) is 13.3 Å². The molecule has 1 aromatic heterocycles. The number of nitrogens with zero attached hydrogens (tertiary/aromatic N) is 2. The van der Waals surface area contributed by atoms with Crippen LogP contribution >= 0.6 is 11.3 Å². The number of amides is 1. The summed E-state index contributed by atoms with van der Waals surface area (Å²) in [5.41, 5.74) is 2.32. The van der Waals surface area contributed by atoms with Gasteiger partial charge >= 0.3 is 0 Å². The van der Waals surface area contributed by atoms with Crippen molar-refractivity contribution in [1.29, 1.82) is 0 Å². The Morgan fingerprint density at radius 2 is 1.89 bits per heavy atom. The average Bonchev–Trinajstić information content (AvgIpc) is 3.12. The molecule has 0 atom stereocenters. The van der Waals surface area contributed by atoms with Gasteiger partial charge in [-0.3, -0.25) is 14.9 Å². The highest BCUT2D eigenvalue weighted by molar-refractivity contribution is 7.14. The number of aromatic nitrogens is 1. The van der Waals surface area contributed by atoms with Crippen LogP contribution in [-0.2, 0) is 11.2 Å². The van der Waals surface area contributed by atoms with Crippen LogP contribution in [0.5, 0.6) is 5.75 Å². The predicted octanol–water partition coefficient (Wildman–Crippen LogP) is 4.30. The Morgan fingerprint density at radius 1 is 1.19 bits per heavy atom. The van der Waals surface area contributed by atoms with Crippen LogP contribution in [0.15, 0.2) is 53.9 Å². The molecular formula is C19H17N3O4S. The van der Waals surface area contributed by atoms with Crippen molar-refractivity contribution in [3.8, 4) is 17.0 Å². The highest BCUT2D eigenvalue weighted by atomic mass is 32.1. The van der Waals surface area contributed by atoms with E-state index in [1.807, 2.05) is 31.2 Å². The standard InChI is InChI=1S/C19H17N3O4S/c1-2-26-16-9-3-13(4-10-16)11-18(23)21-19-20-17(12-27-19)14-5-7-15(8-6-14)22(24)25/h3-10,12H,2,11H2,1H3,(H,20,21,23). The molecule has 0 aliphatic heterocycles. The lowest BCUT2D eigenvalue weighted by atomic mass is 10.1. The maximum absolute atomic E-state index is 12.2. The van der Waals surface area contributed by atoms with Crippen molar-refractivity contribution in [3.63, 3.8) is 0 Å². The molecule has 0 fully saturated rings. The quantitative estimate of drug-likeness (QED) is 0.485. The summed E-state index contributed by atoms with van der Waals surface area (Å²) >= 11 is 1.31. The number of thiazole rings is 1. The molecule has 138 valence electrons. The highest BCUT2D eigenvalue weighted by Gasteiger charge is 2.11. The van der Waals surface area contributed by atoms with Crippen molar-refractivity contribution >= 4 is 28.1 Å². The number of carbonyl (C=O) groups is 1. The number of rotatable bonds is 7. The Bertz CT molecular complexity index is 936. The third-order valence-corrected chi connectivity index (χ3v) is 4.48. The molecule has 0 spiro atoms. The number of anilines is 1. The summed E-state index contributed by atoms with van der Waals surface area (Å²) in [6.07, 6.45) is 0.235. The maximum Gasteiger partial charge on any atom is 0.269 e. The van der Waals surface area contributed by atoms with E-state index < -0.39 is 4.92 Å². The molecule has 0 radical (unpaired) electrons. The van der Waals surface area contributed by atoms with E-state index >= 15 is 0 Å². The van der Waals surface area contributed by atoms with Gasteiger partial charge in [-0.15, -0.1) is 11.3 Å².